The normalized spacial score (nSPS) is 10.4. The fourth-order valence-electron chi connectivity index (χ4n) is 0.943. The fourth-order valence-corrected chi connectivity index (χ4v) is 1.24. The van der Waals surface area contributed by atoms with E-state index >= 15 is 0 Å². The molecule has 0 amide bonds. The summed E-state index contributed by atoms with van der Waals surface area (Å²) in [5.74, 6) is 0. The van der Waals surface area contributed by atoms with Crippen molar-refractivity contribution in [1.82, 2.24) is 9.55 Å². The molecule has 1 aromatic rings. The first kappa shape index (κ1) is 8.49. The number of aromatic nitrogens is 2. The van der Waals surface area contributed by atoms with Gasteiger partial charge in [-0.2, -0.15) is 0 Å². The molecule has 0 radical (unpaired) electrons. The molecule has 0 bridgehead atoms. The number of nitrogens with zero attached hydrogens (tertiary/aromatic N) is 1. The molecule has 11 heavy (non-hydrogen) atoms. The van der Waals surface area contributed by atoms with Crippen molar-refractivity contribution in [3.05, 3.63) is 16.7 Å². The van der Waals surface area contributed by atoms with Gasteiger partial charge in [0, 0.05) is 25.5 Å². The average Bonchev–Trinajstić information content (AvgIpc) is 2.29. The van der Waals surface area contributed by atoms with Crippen LogP contribution < -0.4 is 0 Å². The Morgan fingerprint density at radius 1 is 1.73 bits per heavy atom. The Morgan fingerprint density at radius 3 is 2.91 bits per heavy atom. The number of methoxy groups -OCH3 is 1. The van der Waals surface area contributed by atoms with E-state index < -0.39 is 0 Å². The van der Waals surface area contributed by atoms with Crippen molar-refractivity contribution in [2.45, 2.75) is 13.5 Å². The van der Waals surface area contributed by atoms with Crippen LogP contribution in [0.25, 0.3) is 0 Å². The van der Waals surface area contributed by atoms with Gasteiger partial charge in [0.2, 0.25) is 0 Å². The van der Waals surface area contributed by atoms with Gasteiger partial charge in [0.15, 0.2) is 4.77 Å². The monoisotopic (exact) mass is 172 g/mol. The number of rotatable bonds is 3. The van der Waals surface area contributed by atoms with Crippen LogP contribution in [0.3, 0.4) is 0 Å². The zero-order chi connectivity index (χ0) is 8.27. The first-order valence-corrected chi connectivity index (χ1v) is 3.90. The van der Waals surface area contributed by atoms with Crippen LogP contribution >= 0.6 is 12.2 Å². The second-order valence-corrected chi connectivity index (χ2v) is 2.77. The van der Waals surface area contributed by atoms with Crippen molar-refractivity contribution >= 4 is 12.2 Å². The van der Waals surface area contributed by atoms with Crippen molar-refractivity contribution in [1.29, 1.82) is 0 Å². The molecule has 1 rings (SSSR count). The first-order valence-electron chi connectivity index (χ1n) is 3.49. The molecule has 0 aliphatic rings. The predicted octanol–water partition coefficient (Wildman–Crippen LogP) is 1.50. The summed E-state index contributed by atoms with van der Waals surface area (Å²) in [4.78, 5) is 2.97. The number of hydrogen-bond acceptors (Lipinski definition) is 2. The summed E-state index contributed by atoms with van der Waals surface area (Å²) in [5, 5.41) is 0. The summed E-state index contributed by atoms with van der Waals surface area (Å²) in [6.45, 7) is 3.54. The van der Waals surface area contributed by atoms with Crippen LogP contribution in [0.2, 0.25) is 0 Å². The molecule has 0 saturated heterocycles. The minimum absolute atomic E-state index is 0.701. The second kappa shape index (κ2) is 3.69. The number of aromatic amines is 1. The third-order valence-electron chi connectivity index (χ3n) is 1.59. The van der Waals surface area contributed by atoms with E-state index in [0.29, 0.717) is 6.61 Å². The molecule has 0 spiro atoms. The molecule has 0 aliphatic heterocycles. The lowest BCUT2D eigenvalue weighted by Crippen LogP contribution is -2.05. The van der Waals surface area contributed by atoms with Crippen molar-refractivity contribution < 1.29 is 4.74 Å². The Balaban J connectivity index is 2.75. The molecule has 4 heteroatoms. The molecule has 0 atom stereocenters. The zero-order valence-electron chi connectivity index (χ0n) is 6.76. The molecule has 62 valence electrons. The number of hydrogen-bond donors (Lipinski definition) is 1. The number of imidazole rings is 1. The lowest BCUT2D eigenvalue weighted by molar-refractivity contribution is 0.186. The van der Waals surface area contributed by atoms with Crippen molar-refractivity contribution in [2.24, 2.45) is 0 Å². The minimum atomic E-state index is 0.701. The van der Waals surface area contributed by atoms with Gasteiger partial charge in [-0.1, -0.05) is 0 Å². The Kier molecular flexibility index (Phi) is 2.84. The molecule has 1 N–H and O–H groups in total. The summed E-state index contributed by atoms with van der Waals surface area (Å²) in [7, 11) is 1.69. The maximum atomic E-state index is 5.04. The van der Waals surface area contributed by atoms with Crippen molar-refractivity contribution in [2.75, 3.05) is 13.7 Å². The van der Waals surface area contributed by atoms with E-state index in [2.05, 4.69) is 4.98 Å². The zero-order valence-corrected chi connectivity index (χ0v) is 7.57. The smallest absolute Gasteiger partial charge is 0.177 e. The third kappa shape index (κ3) is 1.91. The van der Waals surface area contributed by atoms with E-state index in [0.717, 1.165) is 17.0 Å². The Morgan fingerprint density at radius 2 is 2.45 bits per heavy atom. The van der Waals surface area contributed by atoms with E-state index in [-0.39, 0.29) is 0 Å². The first-order chi connectivity index (χ1) is 5.25. The number of nitrogens with one attached hydrogen (secondary N) is 1. The highest BCUT2D eigenvalue weighted by Crippen LogP contribution is 1.98. The van der Waals surface area contributed by atoms with Gasteiger partial charge in [-0.25, -0.2) is 0 Å². The largest absolute Gasteiger partial charge is 0.383 e. The quantitative estimate of drug-likeness (QED) is 0.700. The van der Waals surface area contributed by atoms with E-state index in [1.807, 2.05) is 17.7 Å². The molecular weight excluding hydrogens is 160 g/mol. The number of aryl methyl sites for hydroxylation is 1. The highest BCUT2D eigenvalue weighted by molar-refractivity contribution is 7.71. The lowest BCUT2D eigenvalue weighted by Gasteiger charge is -2.02. The predicted molar refractivity (Wildman–Crippen MR) is 46.2 cm³/mol. The van der Waals surface area contributed by atoms with Gasteiger partial charge in [-0.05, 0) is 19.1 Å². The molecule has 3 nitrogen and oxygen atoms in total. The molecule has 0 fully saturated rings. The topological polar surface area (TPSA) is 29.9 Å². The fraction of sp³-hybridized carbons (Fsp3) is 0.571. The molecule has 0 unspecified atom stereocenters. The van der Waals surface area contributed by atoms with Crippen LogP contribution in [0.5, 0.6) is 0 Å². The summed E-state index contributed by atoms with van der Waals surface area (Å²) < 4.78 is 7.72. The molecule has 0 aromatic carbocycles. The summed E-state index contributed by atoms with van der Waals surface area (Å²) in [6, 6.07) is 0. The van der Waals surface area contributed by atoms with Crippen molar-refractivity contribution in [3.8, 4) is 0 Å². The van der Waals surface area contributed by atoms with E-state index in [1.165, 1.54) is 0 Å². The van der Waals surface area contributed by atoms with Crippen LogP contribution in [0, 0.1) is 11.7 Å². The van der Waals surface area contributed by atoms with Gasteiger partial charge in [0.05, 0.1) is 6.61 Å². The van der Waals surface area contributed by atoms with Gasteiger partial charge in [0.1, 0.15) is 0 Å². The highest BCUT2D eigenvalue weighted by atomic mass is 32.1. The van der Waals surface area contributed by atoms with Gasteiger partial charge in [-0.3, -0.25) is 0 Å². The molecule has 1 heterocycles. The van der Waals surface area contributed by atoms with Crippen LogP contribution in [-0.4, -0.2) is 23.3 Å². The Hall–Kier alpha value is -0.610. The van der Waals surface area contributed by atoms with Gasteiger partial charge in [0.25, 0.3) is 0 Å². The van der Waals surface area contributed by atoms with Crippen LogP contribution in [0.15, 0.2) is 6.20 Å². The maximum Gasteiger partial charge on any atom is 0.177 e. The standard InChI is InChI=1S/C7H12N2OS/c1-6-5-8-7(11)9(6)3-4-10-2/h5H,3-4H2,1-2H3,(H,8,11). The summed E-state index contributed by atoms with van der Waals surface area (Å²) in [6.07, 6.45) is 1.90. The average molecular weight is 172 g/mol. The number of ether oxygens (including phenoxy) is 1. The summed E-state index contributed by atoms with van der Waals surface area (Å²) >= 11 is 5.04. The van der Waals surface area contributed by atoms with Crippen molar-refractivity contribution in [3.63, 3.8) is 0 Å². The SMILES string of the molecule is COCCn1c(C)c[nH]c1=S. The highest BCUT2D eigenvalue weighted by Gasteiger charge is 1.96. The molecule has 1 aromatic heterocycles. The lowest BCUT2D eigenvalue weighted by atomic mass is 10.5. The minimum Gasteiger partial charge on any atom is -0.383 e. The van der Waals surface area contributed by atoms with Gasteiger partial charge < -0.3 is 14.3 Å². The van der Waals surface area contributed by atoms with Crippen LogP contribution in [0.1, 0.15) is 5.69 Å². The molecule has 0 aliphatic carbocycles. The van der Waals surface area contributed by atoms with Crippen LogP contribution in [-0.2, 0) is 11.3 Å². The Labute approximate surface area is 71.0 Å². The van der Waals surface area contributed by atoms with Gasteiger partial charge >= 0.3 is 0 Å². The third-order valence-corrected chi connectivity index (χ3v) is 1.93. The summed E-state index contributed by atoms with van der Waals surface area (Å²) in [5.41, 5.74) is 1.15. The second-order valence-electron chi connectivity index (χ2n) is 2.38. The molecule has 0 saturated carbocycles. The Bertz CT molecular complexity index is 276. The number of H-pyrrole nitrogens is 1. The maximum absolute atomic E-state index is 5.04. The molecular formula is C7H12N2OS. The van der Waals surface area contributed by atoms with Crippen LogP contribution in [0.4, 0.5) is 0 Å². The van der Waals surface area contributed by atoms with E-state index in [4.69, 9.17) is 17.0 Å². The van der Waals surface area contributed by atoms with E-state index in [9.17, 15) is 0 Å². The van der Waals surface area contributed by atoms with E-state index in [1.54, 1.807) is 7.11 Å². The van der Waals surface area contributed by atoms with Gasteiger partial charge in [-0.15, -0.1) is 0 Å².